The van der Waals surface area contributed by atoms with Crippen molar-refractivity contribution in [1.82, 2.24) is 10.6 Å². The summed E-state index contributed by atoms with van der Waals surface area (Å²) >= 11 is 5.79. The maximum Gasteiger partial charge on any atom is 0.323 e. The molecule has 0 saturated carbocycles. The van der Waals surface area contributed by atoms with Crippen LogP contribution in [0.5, 0.6) is 0 Å². The number of carboxylic acid groups (broad SMARTS) is 1. The van der Waals surface area contributed by atoms with Crippen LogP contribution in [0.15, 0.2) is 24.3 Å². The molecule has 0 fully saturated rings. The van der Waals surface area contributed by atoms with Crippen molar-refractivity contribution >= 4 is 29.3 Å². The third kappa shape index (κ3) is 6.46. The second-order valence-corrected chi connectivity index (χ2v) is 4.83. The summed E-state index contributed by atoms with van der Waals surface area (Å²) in [6, 6.07) is 6.03. The van der Waals surface area contributed by atoms with E-state index >= 15 is 0 Å². The lowest BCUT2D eigenvalue weighted by Gasteiger charge is -2.21. The zero-order valence-electron chi connectivity index (χ0n) is 11.9. The first-order valence-electron chi connectivity index (χ1n) is 6.78. The van der Waals surface area contributed by atoms with E-state index in [0.29, 0.717) is 17.3 Å². The van der Waals surface area contributed by atoms with Gasteiger partial charge in [-0.05, 0) is 43.8 Å². The highest BCUT2D eigenvalue weighted by Crippen LogP contribution is 2.18. The predicted octanol–water partition coefficient (Wildman–Crippen LogP) is 1.94. The van der Waals surface area contributed by atoms with Crippen LogP contribution in [0.25, 0.3) is 0 Å². The molecular weight excluding hydrogens is 294 g/mol. The van der Waals surface area contributed by atoms with E-state index in [2.05, 4.69) is 10.6 Å². The SMILES string of the molecule is CCNCCCNC(=O)N(CC(=O)O)c1ccc(Cl)cc1. The first-order chi connectivity index (χ1) is 10.0. The summed E-state index contributed by atoms with van der Waals surface area (Å²) in [4.78, 5) is 24.2. The Bertz CT molecular complexity index is 465. The summed E-state index contributed by atoms with van der Waals surface area (Å²) < 4.78 is 0. The Kier molecular flexibility index (Phi) is 7.56. The standard InChI is InChI=1S/C14H20ClN3O3/c1-2-16-8-3-9-17-14(21)18(10-13(19)20)12-6-4-11(15)5-7-12/h4-7,16H,2-3,8-10H2,1H3,(H,17,21)(H,19,20). The van der Waals surface area contributed by atoms with Gasteiger partial charge in [0, 0.05) is 17.3 Å². The van der Waals surface area contributed by atoms with Gasteiger partial charge in [0.2, 0.25) is 0 Å². The number of aliphatic carboxylic acids is 1. The number of nitrogens with zero attached hydrogens (tertiary/aromatic N) is 1. The average molecular weight is 314 g/mol. The van der Waals surface area contributed by atoms with E-state index in [1.54, 1.807) is 24.3 Å². The van der Waals surface area contributed by atoms with E-state index < -0.39 is 18.5 Å². The highest BCUT2D eigenvalue weighted by Gasteiger charge is 2.18. The van der Waals surface area contributed by atoms with Gasteiger partial charge in [-0.2, -0.15) is 0 Å². The highest BCUT2D eigenvalue weighted by molar-refractivity contribution is 6.30. The van der Waals surface area contributed by atoms with Gasteiger partial charge in [-0.15, -0.1) is 0 Å². The van der Waals surface area contributed by atoms with Crippen LogP contribution in [0.4, 0.5) is 10.5 Å². The van der Waals surface area contributed by atoms with Crippen LogP contribution in [-0.4, -0.2) is 43.3 Å². The minimum Gasteiger partial charge on any atom is -0.480 e. The molecule has 2 amide bonds. The summed E-state index contributed by atoms with van der Waals surface area (Å²) in [6.45, 7) is 3.77. The fraction of sp³-hybridized carbons (Fsp3) is 0.429. The third-order valence-corrected chi connectivity index (χ3v) is 2.99. The number of hydrogen-bond acceptors (Lipinski definition) is 3. The van der Waals surface area contributed by atoms with Crippen molar-refractivity contribution in [2.45, 2.75) is 13.3 Å². The second kappa shape index (κ2) is 9.20. The van der Waals surface area contributed by atoms with Crippen LogP contribution < -0.4 is 15.5 Å². The number of carbonyl (C=O) groups is 2. The van der Waals surface area contributed by atoms with Crippen LogP contribution in [0.1, 0.15) is 13.3 Å². The van der Waals surface area contributed by atoms with Gasteiger partial charge in [0.15, 0.2) is 0 Å². The second-order valence-electron chi connectivity index (χ2n) is 4.40. The van der Waals surface area contributed by atoms with E-state index in [9.17, 15) is 9.59 Å². The Balaban J connectivity index is 2.62. The minimum atomic E-state index is -1.08. The van der Waals surface area contributed by atoms with Crippen molar-refractivity contribution in [1.29, 1.82) is 0 Å². The summed E-state index contributed by atoms with van der Waals surface area (Å²) in [5.41, 5.74) is 0.492. The van der Waals surface area contributed by atoms with Crippen LogP contribution in [0.2, 0.25) is 5.02 Å². The number of hydrogen-bond donors (Lipinski definition) is 3. The largest absolute Gasteiger partial charge is 0.480 e. The molecule has 1 aromatic rings. The molecule has 0 atom stereocenters. The van der Waals surface area contributed by atoms with Gasteiger partial charge in [0.1, 0.15) is 6.54 Å². The molecule has 1 aromatic carbocycles. The number of anilines is 1. The molecule has 0 heterocycles. The zero-order chi connectivity index (χ0) is 15.7. The molecule has 0 radical (unpaired) electrons. The van der Waals surface area contributed by atoms with Gasteiger partial charge in [-0.25, -0.2) is 4.79 Å². The minimum absolute atomic E-state index is 0.402. The highest BCUT2D eigenvalue weighted by atomic mass is 35.5. The molecule has 0 aliphatic heterocycles. The van der Waals surface area contributed by atoms with E-state index in [-0.39, 0.29) is 0 Å². The lowest BCUT2D eigenvalue weighted by atomic mass is 10.3. The van der Waals surface area contributed by atoms with Gasteiger partial charge < -0.3 is 15.7 Å². The van der Waals surface area contributed by atoms with E-state index in [1.165, 1.54) is 4.90 Å². The molecule has 0 bridgehead atoms. The molecule has 0 aliphatic rings. The number of halogens is 1. The molecule has 0 saturated heterocycles. The fourth-order valence-electron chi connectivity index (χ4n) is 1.72. The van der Waals surface area contributed by atoms with Crippen molar-refractivity contribution in [3.05, 3.63) is 29.3 Å². The number of amides is 2. The molecule has 0 aliphatic carbocycles. The fourth-order valence-corrected chi connectivity index (χ4v) is 1.84. The zero-order valence-corrected chi connectivity index (χ0v) is 12.7. The topological polar surface area (TPSA) is 81.7 Å². The first kappa shape index (κ1) is 17.3. The number of carboxylic acids is 1. The summed E-state index contributed by atoms with van der Waals surface area (Å²) in [7, 11) is 0. The number of benzene rings is 1. The normalized spacial score (nSPS) is 10.2. The Morgan fingerprint density at radius 1 is 1.24 bits per heavy atom. The number of nitrogens with one attached hydrogen (secondary N) is 2. The van der Waals surface area contributed by atoms with Crippen LogP contribution in [0.3, 0.4) is 0 Å². The number of rotatable bonds is 8. The van der Waals surface area contributed by atoms with Crippen LogP contribution in [0, 0.1) is 0 Å². The molecular formula is C14H20ClN3O3. The van der Waals surface area contributed by atoms with Gasteiger partial charge in [-0.1, -0.05) is 18.5 Å². The molecule has 6 nitrogen and oxygen atoms in total. The summed E-state index contributed by atoms with van der Waals surface area (Å²) in [5.74, 6) is -1.08. The maximum atomic E-state index is 12.1. The van der Waals surface area contributed by atoms with Crippen molar-refractivity contribution < 1.29 is 14.7 Å². The monoisotopic (exact) mass is 313 g/mol. The lowest BCUT2D eigenvalue weighted by Crippen LogP contribution is -2.43. The Morgan fingerprint density at radius 3 is 2.48 bits per heavy atom. The predicted molar refractivity (Wildman–Crippen MR) is 83.0 cm³/mol. The quantitative estimate of drug-likeness (QED) is 0.641. The van der Waals surface area contributed by atoms with Crippen molar-refractivity contribution in [3.8, 4) is 0 Å². The Labute approximate surface area is 129 Å². The molecule has 0 aromatic heterocycles. The van der Waals surface area contributed by atoms with Crippen molar-refractivity contribution in [3.63, 3.8) is 0 Å². The van der Waals surface area contributed by atoms with Gasteiger partial charge in [-0.3, -0.25) is 9.69 Å². The molecule has 3 N–H and O–H groups in total. The number of carbonyl (C=O) groups excluding carboxylic acids is 1. The first-order valence-corrected chi connectivity index (χ1v) is 7.15. The van der Waals surface area contributed by atoms with E-state index in [1.807, 2.05) is 6.92 Å². The molecule has 0 spiro atoms. The Hall–Kier alpha value is -1.79. The summed E-state index contributed by atoms with van der Waals surface area (Å²) in [6.07, 6.45) is 0.779. The summed E-state index contributed by atoms with van der Waals surface area (Å²) in [5, 5.41) is 15.3. The molecule has 21 heavy (non-hydrogen) atoms. The van der Waals surface area contributed by atoms with Gasteiger partial charge in [0.25, 0.3) is 0 Å². The molecule has 0 unspecified atom stereocenters. The maximum absolute atomic E-state index is 12.1. The van der Waals surface area contributed by atoms with Crippen LogP contribution >= 0.6 is 11.6 Å². The molecule has 116 valence electrons. The lowest BCUT2D eigenvalue weighted by molar-refractivity contribution is -0.135. The van der Waals surface area contributed by atoms with E-state index in [0.717, 1.165) is 19.5 Å². The van der Waals surface area contributed by atoms with Crippen LogP contribution in [-0.2, 0) is 4.79 Å². The van der Waals surface area contributed by atoms with Gasteiger partial charge >= 0.3 is 12.0 Å². The van der Waals surface area contributed by atoms with E-state index in [4.69, 9.17) is 16.7 Å². The number of urea groups is 1. The molecule has 1 rings (SSSR count). The molecule has 7 heteroatoms. The van der Waals surface area contributed by atoms with Crippen molar-refractivity contribution in [2.75, 3.05) is 31.1 Å². The van der Waals surface area contributed by atoms with Gasteiger partial charge in [0.05, 0.1) is 0 Å². The average Bonchev–Trinajstić information content (AvgIpc) is 2.45. The van der Waals surface area contributed by atoms with Crippen molar-refractivity contribution in [2.24, 2.45) is 0 Å². The Morgan fingerprint density at radius 2 is 1.90 bits per heavy atom. The third-order valence-electron chi connectivity index (χ3n) is 2.73. The smallest absolute Gasteiger partial charge is 0.323 e.